The molecule has 1 unspecified atom stereocenters. The summed E-state index contributed by atoms with van der Waals surface area (Å²) in [6, 6.07) is 0. The molecule has 1 aromatic heterocycles. The number of carbonyl (C=O) groups is 1. The van der Waals surface area contributed by atoms with Crippen LogP contribution in [0.25, 0.3) is 0 Å². The Bertz CT molecular complexity index is 410. The molecule has 1 aromatic rings. The van der Waals surface area contributed by atoms with Crippen molar-refractivity contribution in [2.75, 3.05) is 6.61 Å². The van der Waals surface area contributed by atoms with Gasteiger partial charge in [-0.1, -0.05) is 19.0 Å². The molecule has 1 fully saturated rings. The Labute approximate surface area is 101 Å². The number of nitrogens with zero attached hydrogens (tertiary/aromatic N) is 2. The van der Waals surface area contributed by atoms with E-state index in [1.165, 1.54) is 0 Å². The summed E-state index contributed by atoms with van der Waals surface area (Å²) in [5.74, 6) is 1.12. The number of carbonyl (C=O) groups excluding carboxylic acids is 1. The molecule has 0 spiro atoms. The van der Waals surface area contributed by atoms with Crippen LogP contribution in [0, 0.1) is 0 Å². The van der Waals surface area contributed by atoms with Gasteiger partial charge in [-0.15, -0.1) is 0 Å². The van der Waals surface area contributed by atoms with Crippen molar-refractivity contribution in [3.63, 3.8) is 0 Å². The van der Waals surface area contributed by atoms with E-state index in [1.54, 1.807) is 6.92 Å². The highest BCUT2D eigenvalue weighted by molar-refractivity contribution is 5.85. The van der Waals surface area contributed by atoms with Crippen LogP contribution in [-0.4, -0.2) is 22.7 Å². The fourth-order valence-corrected chi connectivity index (χ4v) is 1.71. The van der Waals surface area contributed by atoms with Crippen LogP contribution in [-0.2, 0) is 14.9 Å². The van der Waals surface area contributed by atoms with Gasteiger partial charge in [0.05, 0.1) is 6.61 Å². The van der Waals surface area contributed by atoms with Crippen molar-refractivity contribution in [2.45, 2.75) is 51.4 Å². The molecule has 0 radical (unpaired) electrons. The highest BCUT2D eigenvalue weighted by Gasteiger charge is 2.57. The molecule has 0 amide bonds. The Morgan fingerprint density at radius 3 is 2.76 bits per heavy atom. The first-order valence-electron chi connectivity index (χ1n) is 6.15. The van der Waals surface area contributed by atoms with Crippen LogP contribution >= 0.6 is 0 Å². The minimum atomic E-state index is -0.644. The van der Waals surface area contributed by atoms with Gasteiger partial charge in [0.1, 0.15) is 5.41 Å². The van der Waals surface area contributed by atoms with Crippen molar-refractivity contribution in [3.8, 4) is 0 Å². The summed E-state index contributed by atoms with van der Waals surface area (Å²) in [6.07, 6.45) is 2.44. The van der Waals surface area contributed by atoms with E-state index in [1.807, 2.05) is 6.92 Å². The van der Waals surface area contributed by atoms with Gasteiger partial charge in [0.2, 0.25) is 5.89 Å². The van der Waals surface area contributed by atoms with Gasteiger partial charge in [-0.25, -0.2) is 0 Å². The largest absolute Gasteiger partial charge is 0.465 e. The van der Waals surface area contributed by atoms with Crippen molar-refractivity contribution in [1.82, 2.24) is 10.1 Å². The summed E-state index contributed by atoms with van der Waals surface area (Å²) in [6.45, 7) is 6.29. The molecule has 5 nitrogen and oxygen atoms in total. The molecule has 17 heavy (non-hydrogen) atoms. The standard InChI is InChI=1S/C12H18N2O3/c1-4-8(3)9-13-10(17-14-9)12(6-7-12)11(15)16-5-2/h8H,4-7H2,1-3H3. The van der Waals surface area contributed by atoms with Gasteiger partial charge in [0.15, 0.2) is 5.82 Å². The third-order valence-corrected chi connectivity index (χ3v) is 3.32. The van der Waals surface area contributed by atoms with Gasteiger partial charge in [0, 0.05) is 5.92 Å². The molecule has 1 heterocycles. The van der Waals surface area contributed by atoms with E-state index < -0.39 is 5.41 Å². The van der Waals surface area contributed by atoms with Crippen molar-refractivity contribution < 1.29 is 14.1 Å². The number of aromatic nitrogens is 2. The number of rotatable bonds is 5. The molecular formula is C12H18N2O3. The minimum absolute atomic E-state index is 0.237. The molecule has 94 valence electrons. The fourth-order valence-electron chi connectivity index (χ4n) is 1.71. The Balaban J connectivity index is 2.17. The van der Waals surface area contributed by atoms with E-state index in [-0.39, 0.29) is 11.9 Å². The van der Waals surface area contributed by atoms with Crippen molar-refractivity contribution in [1.29, 1.82) is 0 Å². The first kappa shape index (κ1) is 12.1. The smallest absolute Gasteiger partial charge is 0.321 e. The zero-order valence-corrected chi connectivity index (χ0v) is 10.5. The summed E-state index contributed by atoms with van der Waals surface area (Å²) < 4.78 is 10.3. The van der Waals surface area contributed by atoms with E-state index in [4.69, 9.17) is 9.26 Å². The van der Waals surface area contributed by atoms with Crippen molar-refractivity contribution in [2.24, 2.45) is 0 Å². The summed E-state index contributed by atoms with van der Waals surface area (Å²) in [7, 11) is 0. The molecule has 1 aliphatic carbocycles. The lowest BCUT2D eigenvalue weighted by Crippen LogP contribution is -2.23. The normalized spacial score (nSPS) is 18.8. The molecule has 0 bridgehead atoms. The molecular weight excluding hydrogens is 220 g/mol. The van der Waals surface area contributed by atoms with Gasteiger partial charge >= 0.3 is 5.97 Å². The first-order valence-corrected chi connectivity index (χ1v) is 6.15. The van der Waals surface area contributed by atoms with E-state index in [2.05, 4.69) is 17.1 Å². The topological polar surface area (TPSA) is 65.2 Å². The van der Waals surface area contributed by atoms with Crippen LogP contribution in [0.15, 0.2) is 4.52 Å². The second-order valence-corrected chi connectivity index (χ2v) is 4.57. The lowest BCUT2D eigenvalue weighted by Gasteiger charge is -2.08. The lowest BCUT2D eigenvalue weighted by atomic mass is 10.1. The molecule has 1 aliphatic rings. The monoisotopic (exact) mass is 238 g/mol. The molecule has 0 N–H and O–H groups in total. The highest BCUT2D eigenvalue weighted by Crippen LogP contribution is 2.48. The molecule has 0 aromatic carbocycles. The van der Waals surface area contributed by atoms with Crippen molar-refractivity contribution >= 4 is 5.97 Å². The Morgan fingerprint density at radius 1 is 1.53 bits per heavy atom. The maximum atomic E-state index is 11.8. The van der Waals surface area contributed by atoms with Crippen LogP contribution in [0.5, 0.6) is 0 Å². The average molecular weight is 238 g/mol. The number of hydrogen-bond acceptors (Lipinski definition) is 5. The molecule has 5 heteroatoms. The molecule has 0 saturated heterocycles. The van der Waals surface area contributed by atoms with Gasteiger partial charge in [-0.3, -0.25) is 4.79 Å². The second-order valence-electron chi connectivity index (χ2n) is 4.57. The predicted molar refractivity (Wildman–Crippen MR) is 60.5 cm³/mol. The van der Waals surface area contributed by atoms with Crippen LogP contribution in [0.3, 0.4) is 0 Å². The van der Waals surface area contributed by atoms with Crippen molar-refractivity contribution in [3.05, 3.63) is 11.7 Å². The SMILES string of the molecule is CCOC(=O)C1(c2nc(C(C)CC)no2)CC1. The highest BCUT2D eigenvalue weighted by atomic mass is 16.5. The maximum absolute atomic E-state index is 11.8. The van der Waals surface area contributed by atoms with Gasteiger partial charge in [0.25, 0.3) is 0 Å². The summed E-state index contributed by atoms with van der Waals surface area (Å²) in [5.41, 5.74) is -0.644. The quantitative estimate of drug-likeness (QED) is 0.735. The number of hydrogen-bond donors (Lipinski definition) is 0. The van der Waals surface area contributed by atoms with Crippen LogP contribution < -0.4 is 0 Å². The van der Waals surface area contributed by atoms with E-state index in [9.17, 15) is 4.79 Å². The summed E-state index contributed by atoms with van der Waals surface area (Å²) in [5, 5.41) is 3.94. The number of esters is 1. The third kappa shape index (κ3) is 2.06. The minimum Gasteiger partial charge on any atom is -0.465 e. The zero-order valence-electron chi connectivity index (χ0n) is 10.5. The van der Waals surface area contributed by atoms with E-state index in [0.717, 1.165) is 19.3 Å². The predicted octanol–water partition coefficient (Wildman–Crippen LogP) is 2.18. The average Bonchev–Trinajstić information content (AvgIpc) is 3.00. The number of ether oxygens (including phenoxy) is 1. The molecule has 2 rings (SSSR count). The third-order valence-electron chi connectivity index (χ3n) is 3.32. The first-order chi connectivity index (χ1) is 8.14. The van der Waals surface area contributed by atoms with E-state index in [0.29, 0.717) is 18.3 Å². The Hall–Kier alpha value is -1.39. The summed E-state index contributed by atoms with van der Waals surface area (Å²) in [4.78, 5) is 16.2. The maximum Gasteiger partial charge on any atom is 0.321 e. The lowest BCUT2D eigenvalue weighted by molar-refractivity contribution is -0.146. The Kier molecular flexibility index (Phi) is 3.17. The van der Waals surface area contributed by atoms with E-state index >= 15 is 0 Å². The summed E-state index contributed by atoms with van der Waals surface area (Å²) >= 11 is 0. The molecule has 1 atom stereocenters. The van der Waals surface area contributed by atoms with Gasteiger partial charge in [-0.05, 0) is 26.2 Å². The zero-order chi connectivity index (χ0) is 12.5. The van der Waals surface area contributed by atoms with Crippen LogP contribution in [0.4, 0.5) is 0 Å². The van der Waals surface area contributed by atoms with Crippen LogP contribution in [0.2, 0.25) is 0 Å². The molecule has 0 aliphatic heterocycles. The Morgan fingerprint density at radius 2 is 2.24 bits per heavy atom. The van der Waals surface area contributed by atoms with Crippen LogP contribution in [0.1, 0.15) is 57.7 Å². The fraction of sp³-hybridized carbons (Fsp3) is 0.750. The second kappa shape index (κ2) is 4.47. The van der Waals surface area contributed by atoms with Gasteiger partial charge in [-0.2, -0.15) is 4.98 Å². The molecule has 1 saturated carbocycles. The van der Waals surface area contributed by atoms with Gasteiger partial charge < -0.3 is 9.26 Å².